The van der Waals surface area contributed by atoms with Gasteiger partial charge in [-0.25, -0.2) is 4.98 Å². The van der Waals surface area contributed by atoms with Crippen LogP contribution in [0, 0.1) is 0 Å². The molecule has 4 rings (SSSR count). The lowest BCUT2D eigenvalue weighted by atomic mass is 10.1. The molecule has 2 unspecified atom stereocenters. The molecule has 0 bridgehead atoms. The summed E-state index contributed by atoms with van der Waals surface area (Å²) in [6.45, 7) is 5.58. The van der Waals surface area contributed by atoms with E-state index in [2.05, 4.69) is 10.3 Å². The highest BCUT2D eigenvalue weighted by molar-refractivity contribution is 7.13. The van der Waals surface area contributed by atoms with Gasteiger partial charge in [0.1, 0.15) is 17.3 Å². The Balaban J connectivity index is 1.64. The van der Waals surface area contributed by atoms with Gasteiger partial charge in [-0.15, -0.1) is 11.3 Å². The zero-order valence-electron chi connectivity index (χ0n) is 17.7. The fourth-order valence-electron chi connectivity index (χ4n) is 3.31. The van der Waals surface area contributed by atoms with Crippen LogP contribution in [-0.4, -0.2) is 40.5 Å². The minimum atomic E-state index is -0.648. The number of anilines is 1. The molecule has 3 aromatic rings. The Bertz CT molecular complexity index is 1100. The quantitative estimate of drug-likeness (QED) is 0.634. The van der Waals surface area contributed by atoms with Gasteiger partial charge in [0.05, 0.1) is 17.1 Å². The first-order valence-electron chi connectivity index (χ1n) is 10.2. The topological polar surface area (TPSA) is 84.4 Å². The van der Waals surface area contributed by atoms with Gasteiger partial charge in [0.25, 0.3) is 5.91 Å². The predicted octanol–water partition coefficient (Wildman–Crippen LogP) is 3.90. The molecule has 0 aliphatic carbocycles. The van der Waals surface area contributed by atoms with Crippen molar-refractivity contribution >= 4 is 28.8 Å². The summed E-state index contributed by atoms with van der Waals surface area (Å²) in [7, 11) is 0. The van der Waals surface area contributed by atoms with Gasteiger partial charge in [0, 0.05) is 23.2 Å². The smallest absolute Gasteiger partial charge is 0.268 e. The molecule has 2 amide bonds. The number of benzene rings is 1. The van der Waals surface area contributed by atoms with Crippen LogP contribution in [0.3, 0.4) is 0 Å². The van der Waals surface area contributed by atoms with E-state index < -0.39 is 6.10 Å². The van der Waals surface area contributed by atoms with Crippen molar-refractivity contribution in [2.24, 2.45) is 0 Å². The molecule has 0 saturated heterocycles. The number of thiazole rings is 1. The molecule has 7 nitrogen and oxygen atoms in total. The Kier molecular flexibility index (Phi) is 5.99. The SMILES string of the molecule is CCC(C)NC(=O)CN1C(=O)C(C)Oc2ccc(-c3csc(-c4ccccn4)n3)cc21. The minimum Gasteiger partial charge on any atom is -0.479 e. The Labute approximate surface area is 185 Å². The number of pyridine rings is 1. The molecule has 1 aliphatic rings. The van der Waals surface area contributed by atoms with Crippen molar-refractivity contribution in [1.82, 2.24) is 15.3 Å². The molecule has 2 aromatic heterocycles. The molecule has 2 atom stereocenters. The normalized spacial score (nSPS) is 16.4. The average molecular weight is 437 g/mol. The number of hydrogen-bond donors (Lipinski definition) is 1. The van der Waals surface area contributed by atoms with Gasteiger partial charge in [-0.1, -0.05) is 13.0 Å². The predicted molar refractivity (Wildman–Crippen MR) is 121 cm³/mol. The molecule has 160 valence electrons. The minimum absolute atomic E-state index is 0.0481. The van der Waals surface area contributed by atoms with E-state index in [-0.39, 0.29) is 24.4 Å². The van der Waals surface area contributed by atoms with E-state index in [0.29, 0.717) is 11.4 Å². The maximum Gasteiger partial charge on any atom is 0.268 e. The van der Waals surface area contributed by atoms with Crippen molar-refractivity contribution in [2.45, 2.75) is 39.3 Å². The number of rotatable bonds is 6. The largest absolute Gasteiger partial charge is 0.479 e. The molecule has 3 heterocycles. The van der Waals surface area contributed by atoms with Gasteiger partial charge < -0.3 is 10.1 Å². The van der Waals surface area contributed by atoms with Crippen LogP contribution in [0.4, 0.5) is 5.69 Å². The summed E-state index contributed by atoms with van der Waals surface area (Å²) < 4.78 is 5.77. The number of hydrogen-bond acceptors (Lipinski definition) is 6. The Morgan fingerprint density at radius 2 is 2.13 bits per heavy atom. The molecule has 8 heteroatoms. The first-order valence-corrected chi connectivity index (χ1v) is 11.1. The van der Waals surface area contributed by atoms with Crippen molar-refractivity contribution in [2.75, 3.05) is 11.4 Å². The average Bonchev–Trinajstić information content (AvgIpc) is 3.27. The number of nitrogens with zero attached hydrogens (tertiary/aromatic N) is 3. The van der Waals surface area contributed by atoms with Crippen LogP contribution in [0.2, 0.25) is 0 Å². The standard InChI is InChI=1S/C23H24N4O3S/c1-4-14(2)25-21(28)12-27-19-11-16(8-9-20(19)30-15(3)23(27)29)18-13-31-22(26-18)17-7-5-6-10-24-17/h5-11,13-15H,4,12H2,1-3H3,(H,25,28). The fraction of sp³-hybridized carbons (Fsp3) is 0.304. The number of amides is 2. The van der Waals surface area contributed by atoms with Crippen molar-refractivity contribution in [1.29, 1.82) is 0 Å². The highest BCUT2D eigenvalue weighted by Crippen LogP contribution is 2.38. The monoisotopic (exact) mass is 436 g/mol. The Hall–Kier alpha value is -3.26. The van der Waals surface area contributed by atoms with E-state index >= 15 is 0 Å². The lowest BCUT2D eigenvalue weighted by molar-refractivity contribution is -0.128. The first kappa shape index (κ1) is 21.0. The van der Waals surface area contributed by atoms with E-state index in [1.807, 2.05) is 55.6 Å². The third kappa shape index (κ3) is 4.44. The second-order valence-corrected chi connectivity index (χ2v) is 8.35. The number of nitrogens with one attached hydrogen (secondary N) is 1. The van der Waals surface area contributed by atoms with Gasteiger partial charge >= 0.3 is 0 Å². The van der Waals surface area contributed by atoms with Gasteiger partial charge in [0.2, 0.25) is 5.91 Å². The van der Waals surface area contributed by atoms with Crippen LogP contribution in [0.25, 0.3) is 22.0 Å². The molecule has 0 saturated carbocycles. The van der Waals surface area contributed by atoms with Gasteiger partial charge in [0.15, 0.2) is 6.10 Å². The number of fused-ring (bicyclic) bond motifs is 1. The van der Waals surface area contributed by atoms with Crippen LogP contribution >= 0.6 is 11.3 Å². The van der Waals surface area contributed by atoms with Crippen molar-refractivity contribution in [3.05, 3.63) is 48.0 Å². The van der Waals surface area contributed by atoms with Crippen LogP contribution < -0.4 is 15.0 Å². The molecule has 0 radical (unpaired) electrons. The summed E-state index contributed by atoms with van der Waals surface area (Å²) in [5.74, 6) is 0.142. The first-order chi connectivity index (χ1) is 15.0. The van der Waals surface area contributed by atoms with E-state index in [1.165, 1.54) is 16.2 Å². The fourth-order valence-corrected chi connectivity index (χ4v) is 4.11. The highest BCUT2D eigenvalue weighted by Gasteiger charge is 2.33. The zero-order chi connectivity index (χ0) is 22.0. The number of carbonyl (C=O) groups excluding carboxylic acids is 2. The molecule has 31 heavy (non-hydrogen) atoms. The molecule has 1 aliphatic heterocycles. The maximum absolute atomic E-state index is 12.8. The van der Waals surface area contributed by atoms with E-state index in [4.69, 9.17) is 9.72 Å². The van der Waals surface area contributed by atoms with E-state index in [1.54, 1.807) is 13.1 Å². The number of aromatic nitrogens is 2. The summed E-state index contributed by atoms with van der Waals surface area (Å²) in [5.41, 5.74) is 3.01. The lowest BCUT2D eigenvalue weighted by Crippen LogP contribution is -2.49. The maximum atomic E-state index is 12.8. The summed E-state index contributed by atoms with van der Waals surface area (Å²) in [6, 6.07) is 11.4. The second kappa shape index (κ2) is 8.85. The molecular weight excluding hydrogens is 412 g/mol. The van der Waals surface area contributed by atoms with Gasteiger partial charge in [-0.2, -0.15) is 0 Å². The molecular formula is C23H24N4O3S. The molecule has 0 fully saturated rings. The number of carbonyl (C=O) groups is 2. The Morgan fingerprint density at radius 3 is 2.87 bits per heavy atom. The lowest BCUT2D eigenvalue weighted by Gasteiger charge is -2.33. The van der Waals surface area contributed by atoms with Gasteiger partial charge in [-0.05, 0) is 50.6 Å². The molecule has 0 spiro atoms. The van der Waals surface area contributed by atoms with Crippen LogP contribution in [0.1, 0.15) is 27.2 Å². The van der Waals surface area contributed by atoms with Crippen molar-refractivity contribution in [3.8, 4) is 27.7 Å². The number of ether oxygens (including phenoxy) is 1. The van der Waals surface area contributed by atoms with Crippen LogP contribution in [-0.2, 0) is 9.59 Å². The van der Waals surface area contributed by atoms with E-state index in [0.717, 1.165) is 28.4 Å². The molecule has 1 N–H and O–H groups in total. The van der Waals surface area contributed by atoms with Gasteiger partial charge in [-0.3, -0.25) is 19.5 Å². The van der Waals surface area contributed by atoms with Crippen molar-refractivity contribution in [3.63, 3.8) is 0 Å². The van der Waals surface area contributed by atoms with Crippen molar-refractivity contribution < 1.29 is 14.3 Å². The molecule has 1 aromatic carbocycles. The Morgan fingerprint density at radius 1 is 1.29 bits per heavy atom. The summed E-state index contributed by atoms with van der Waals surface area (Å²) in [5, 5.41) is 5.70. The highest BCUT2D eigenvalue weighted by atomic mass is 32.1. The van der Waals surface area contributed by atoms with Crippen LogP contribution in [0.15, 0.2) is 48.0 Å². The van der Waals surface area contributed by atoms with Crippen LogP contribution in [0.5, 0.6) is 5.75 Å². The zero-order valence-corrected chi connectivity index (χ0v) is 18.5. The van der Waals surface area contributed by atoms with E-state index in [9.17, 15) is 9.59 Å². The summed E-state index contributed by atoms with van der Waals surface area (Å²) in [4.78, 5) is 35.9. The summed E-state index contributed by atoms with van der Waals surface area (Å²) in [6.07, 6.45) is 1.91. The third-order valence-corrected chi connectivity index (χ3v) is 6.04. The second-order valence-electron chi connectivity index (χ2n) is 7.50. The third-order valence-electron chi connectivity index (χ3n) is 5.17. The summed E-state index contributed by atoms with van der Waals surface area (Å²) >= 11 is 1.51.